The standard InChI is InChI=1S/C41H59N2O10P/c1-4-38(44)52-34-20-14-30(15-21-34)27-37(54(48,49)50)43(28-31-16-22-35(23-17-31)53-39(45)5-2)36(41(47)42-25-24-40(46)51-6-3)26-29-12-18-33(19-13-29)32-10-8-7-9-11-32/h7-13,18-19,30-31,34-37H,4-6,14-17,20-28H2,1-3H3,(H,42,47)(H2,48,49,50). The van der Waals surface area contributed by atoms with Crippen LogP contribution >= 0.6 is 7.60 Å². The molecule has 0 bridgehead atoms. The summed E-state index contributed by atoms with van der Waals surface area (Å²) < 4.78 is 29.9. The van der Waals surface area contributed by atoms with Crippen molar-refractivity contribution in [3.05, 3.63) is 60.2 Å². The Morgan fingerprint density at radius 2 is 1.30 bits per heavy atom. The SMILES string of the molecule is CCOC(=O)CCNC(=O)C(Cc1ccc(-c2ccccc2)cc1)N(CC1CCC(OC(=O)CC)CC1)C(CC1CCC(OC(=O)CC)CC1)P(=O)(O)O. The Morgan fingerprint density at radius 1 is 0.759 bits per heavy atom. The molecule has 2 aliphatic rings. The van der Waals surface area contributed by atoms with Gasteiger partial charge in [0.25, 0.3) is 0 Å². The molecule has 0 radical (unpaired) electrons. The summed E-state index contributed by atoms with van der Waals surface area (Å²) in [6.07, 6.45) is 5.55. The topological polar surface area (TPSA) is 169 Å². The molecule has 13 heteroatoms. The molecule has 2 saturated carbocycles. The van der Waals surface area contributed by atoms with Gasteiger partial charge in [0.2, 0.25) is 5.91 Å². The van der Waals surface area contributed by atoms with Crippen molar-refractivity contribution in [2.45, 2.75) is 128 Å². The number of hydrogen-bond acceptors (Lipinski definition) is 9. The summed E-state index contributed by atoms with van der Waals surface area (Å²) in [5, 5.41) is 2.88. The van der Waals surface area contributed by atoms with Crippen molar-refractivity contribution < 1.29 is 47.7 Å². The van der Waals surface area contributed by atoms with Crippen LogP contribution in [0.2, 0.25) is 0 Å². The van der Waals surface area contributed by atoms with Crippen LogP contribution in [-0.4, -0.2) is 82.2 Å². The van der Waals surface area contributed by atoms with Crippen LogP contribution < -0.4 is 5.32 Å². The summed E-state index contributed by atoms with van der Waals surface area (Å²) in [7, 11) is -4.82. The van der Waals surface area contributed by atoms with Gasteiger partial charge in [0.15, 0.2) is 0 Å². The molecule has 2 aromatic rings. The second-order valence-corrected chi connectivity index (χ2v) is 16.4. The maximum absolute atomic E-state index is 14.3. The van der Waals surface area contributed by atoms with Gasteiger partial charge in [-0.05, 0) is 99.7 Å². The third kappa shape index (κ3) is 13.6. The maximum Gasteiger partial charge on any atom is 0.342 e. The van der Waals surface area contributed by atoms with Gasteiger partial charge in [-0.25, -0.2) is 0 Å². The fourth-order valence-corrected chi connectivity index (χ4v) is 8.88. The number of amides is 1. The second kappa shape index (κ2) is 21.5. The number of rotatable bonds is 19. The van der Waals surface area contributed by atoms with Crippen molar-refractivity contribution in [1.29, 1.82) is 0 Å². The van der Waals surface area contributed by atoms with Gasteiger partial charge in [-0.2, -0.15) is 0 Å². The van der Waals surface area contributed by atoms with E-state index >= 15 is 0 Å². The fourth-order valence-electron chi connectivity index (χ4n) is 7.66. The Morgan fingerprint density at radius 3 is 1.81 bits per heavy atom. The summed E-state index contributed by atoms with van der Waals surface area (Å²) >= 11 is 0. The highest BCUT2D eigenvalue weighted by atomic mass is 31.2. The Balaban J connectivity index is 1.65. The summed E-state index contributed by atoms with van der Waals surface area (Å²) in [4.78, 5) is 74.3. The molecule has 0 aliphatic heterocycles. The lowest BCUT2D eigenvalue weighted by atomic mass is 9.84. The average Bonchev–Trinajstić information content (AvgIpc) is 3.16. The number of esters is 3. The Hall–Kier alpha value is -3.57. The molecule has 2 fully saturated rings. The molecular weight excluding hydrogens is 711 g/mol. The first-order valence-electron chi connectivity index (χ1n) is 19.7. The van der Waals surface area contributed by atoms with Gasteiger partial charge in [0, 0.05) is 25.9 Å². The van der Waals surface area contributed by atoms with Gasteiger partial charge < -0.3 is 29.3 Å². The molecule has 1 amide bonds. The molecule has 0 saturated heterocycles. The van der Waals surface area contributed by atoms with Crippen LogP contribution in [0.15, 0.2) is 54.6 Å². The van der Waals surface area contributed by atoms with Gasteiger partial charge >= 0.3 is 25.5 Å². The normalized spacial score (nSPS) is 21.4. The van der Waals surface area contributed by atoms with Crippen molar-refractivity contribution in [1.82, 2.24) is 10.2 Å². The van der Waals surface area contributed by atoms with E-state index in [9.17, 15) is 33.5 Å². The van der Waals surface area contributed by atoms with E-state index in [0.29, 0.717) is 57.8 Å². The predicted octanol–water partition coefficient (Wildman–Crippen LogP) is 6.55. The lowest BCUT2D eigenvalue weighted by molar-refractivity contribution is -0.151. The van der Waals surface area contributed by atoms with E-state index in [1.165, 1.54) is 0 Å². The zero-order chi connectivity index (χ0) is 39.1. The quantitative estimate of drug-likeness (QED) is 0.0805. The first kappa shape index (κ1) is 43.2. The molecule has 2 unspecified atom stereocenters. The first-order valence-corrected chi connectivity index (χ1v) is 21.4. The van der Waals surface area contributed by atoms with E-state index in [1.54, 1.807) is 25.7 Å². The van der Waals surface area contributed by atoms with Crippen LogP contribution in [0.25, 0.3) is 11.1 Å². The van der Waals surface area contributed by atoms with E-state index in [-0.39, 0.29) is 81.4 Å². The minimum Gasteiger partial charge on any atom is -0.466 e. The molecule has 3 N–H and O–H groups in total. The highest BCUT2D eigenvalue weighted by molar-refractivity contribution is 7.52. The van der Waals surface area contributed by atoms with Crippen molar-refractivity contribution in [2.75, 3.05) is 19.7 Å². The summed E-state index contributed by atoms with van der Waals surface area (Å²) in [6, 6.07) is 16.8. The van der Waals surface area contributed by atoms with E-state index in [2.05, 4.69) is 5.32 Å². The van der Waals surface area contributed by atoms with Gasteiger partial charge in [-0.3, -0.25) is 28.6 Å². The smallest absolute Gasteiger partial charge is 0.342 e. The molecular formula is C41H59N2O10P. The minimum absolute atomic E-state index is 0.00453. The first-order chi connectivity index (χ1) is 25.9. The summed E-state index contributed by atoms with van der Waals surface area (Å²) in [6.45, 7) is 5.70. The van der Waals surface area contributed by atoms with Crippen LogP contribution in [0.3, 0.4) is 0 Å². The zero-order valence-corrected chi connectivity index (χ0v) is 32.9. The van der Waals surface area contributed by atoms with Crippen LogP contribution in [-0.2, 0) is 44.4 Å². The number of nitrogens with one attached hydrogen (secondary N) is 1. The van der Waals surface area contributed by atoms with Gasteiger partial charge in [0.05, 0.1) is 19.1 Å². The Labute approximate surface area is 319 Å². The lowest BCUT2D eigenvalue weighted by Crippen LogP contribution is -2.54. The molecule has 298 valence electrons. The number of ether oxygens (including phenoxy) is 3. The van der Waals surface area contributed by atoms with Gasteiger partial charge in [-0.1, -0.05) is 68.4 Å². The Kier molecular flexibility index (Phi) is 17.2. The van der Waals surface area contributed by atoms with Crippen molar-refractivity contribution in [2.24, 2.45) is 11.8 Å². The molecule has 2 aromatic carbocycles. The van der Waals surface area contributed by atoms with E-state index < -0.39 is 31.3 Å². The molecule has 0 spiro atoms. The predicted molar refractivity (Wildman–Crippen MR) is 205 cm³/mol. The van der Waals surface area contributed by atoms with Crippen molar-refractivity contribution in [3.63, 3.8) is 0 Å². The number of benzene rings is 2. The van der Waals surface area contributed by atoms with Crippen LogP contribution in [0.4, 0.5) is 0 Å². The third-order valence-electron chi connectivity index (χ3n) is 10.7. The minimum atomic E-state index is -4.82. The van der Waals surface area contributed by atoms with E-state index in [4.69, 9.17) is 14.2 Å². The monoisotopic (exact) mass is 770 g/mol. The highest BCUT2D eigenvalue weighted by Crippen LogP contribution is 2.49. The Bertz CT molecular complexity index is 1530. The summed E-state index contributed by atoms with van der Waals surface area (Å²) in [5.74, 6) is -2.69. The van der Waals surface area contributed by atoms with E-state index in [1.807, 2.05) is 54.6 Å². The fraction of sp³-hybridized carbons (Fsp3) is 0.610. The highest BCUT2D eigenvalue weighted by Gasteiger charge is 2.44. The molecule has 2 aliphatic carbocycles. The largest absolute Gasteiger partial charge is 0.466 e. The lowest BCUT2D eigenvalue weighted by Gasteiger charge is -2.42. The maximum atomic E-state index is 14.3. The molecule has 2 atom stereocenters. The molecule has 12 nitrogen and oxygen atoms in total. The number of nitrogens with zero attached hydrogens (tertiary/aromatic N) is 1. The number of hydrogen-bond donors (Lipinski definition) is 3. The van der Waals surface area contributed by atoms with Gasteiger partial charge in [-0.15, -0.1) is 0 Å². The van der Waals surface area contributed by atoms with Crippen LogP contribution in [0.5, 0.6) is 0 Å². The van der Waals surface area contributed by atoms with E-state index in [0.717, 1.165) is 16.7 Å². The van der Waals surface area contributed by atoms with Crippen LogP contribution in [0, 0.1) is 11.8 Å². The number of carbonyl (C=O) groups excluding carboxylic acids is 4. The molecule has 0 aromatic heterocycles. The second-order valence-electron chi connectivity index (χ2n) is 14.6. The van der Waals surface area contributed by atoms with Crippen molar-refractivity contribution in [3.8, 4) is 11.1 Å². The molecule has 4 rings (SSSR count). The zero-order valence-electron chi connectivity index (χ0n) is 32.0. The van der Waals surface area contributed by atoms with Crippen molar-refractivity contribution >= 4 is 31.4 Å². The number of carbonyl (C=O) groups is 4. The molecule has 54 heavy (non-hydrogen) atoms. The average molecular weight is 771 g/mol. The molecule has 0 heterocycles. The van der Waals surface area contributed by atoms with Gasteiger partial charge in [0.1, 0.15) is 18.0 Å². The van der Waals surface area contributed by atoms with Crippen LogP contribution in [0.1, 0.15) is 103 Å². The summed E-state index contributed by atoms with van der Waals surface area (Å²) in [5.41, 5.74) is 2.86. The third-order valence-corrected chi connectivity index (χ3v) is 12.0.